The number of hydrogen-bond donors (Lipinski definition) is 0. The van der Waals surface area contributed by atoms with Gasteiger partial charge in [0.25, 0.3) is 0 Å². The lowest BCUT2D eigenvalue weighted by Crippen LogP contribution is -2.06. The highest BCUT2D eigenvalue weighted by atomic mass is 16.5. The fourth-order valence-corrected chi connectivity index (χ4v) is 1.65. The van der Waals surface area contributed by atoms with Crippen LogP contribution in [0.5, 0.6) is 0 Å². The molecule has 2 rings (SSSR count). The van der Waals surface area contributed by atoms with Crippen LogP contribution in [-0.2, 0) is 9.53 Å². The number of ether oxygens (including phenoxy) is 1. The number of carbonyl (C=O) groups excluding carboxylic acids is 1. The van der Waals surface area contributed by atoms with Crippen LogP contribution in [0.15, 0.2) is 42.2 Å². The molecular weight excluding hydrogens is 188 g/mol. The maximum Gasteiger partial charge on any atom is 0.322 e. The summed E-state index contributed by atoms with van der Waals surface area (Å²) in [6, 6.07) is 9.71. The van der Waals surface area contributed by atoms with Crippen molar-refractivity contribution in [2.45, 2.75) is 19.8 Å². The number of esters is 1. The third kappa shape index (κ3) is 1.94. The van der Waals surface area contributed by atoms with Gasteiger partial charge in [0.05, 0.1) is 0 Å². The minimum atomic E-state index is -0.219. The summed E-state index contributed by atoms with van der Waals surface area (Å²) in [5.41, 5.74) is 0.998. The summed E-state index contributed by atoms with van der Waals surface area (Å²) in [5, 5.41) is 0. The van der Waals surface area contributed by atoms with Crippen molar-refractivity contribution in [2.24, 2.45) is 5.92 Å². The van der Waals surface area contributed by atoms with Crippen molar-refractivity contribution in [1.82, 2.24) is 0 Å². The normalized spacial score (nSPS) is 20.3. The van der Waals surface area contributed by atoms with Gasteiger partial charge in [0, 0.05) is 5.92 Å². The van der Waals surface area contributed by atoms with Gasteiger partial charge in [-0.3, -0.25) is 4.79 Å². The van der Waals surface area contributed by atoms with Crippen molar-refractivity contribution in [3.63, 3.8) is 0 Å². The van der Waals surface area contributed by atoms with E-state index in [0.717, 1.165) is 11.3 Å². The van der Waals surface area contributed by atoms with E-state index in [-0.39, 0.29) is 17.8 Å². The van der Waals surface area contributed by atoms with E-state index >= 15 is 0 Å². The summed E-state index contributed by atoms with van der Waals surface area (Å²) >= 11 is 0. The largest absolute Gasteiger partial charge is 0.430 e. The molecule has 0 radical (unpaired) electrons. The number of rotatable bonds is 2. The van der Waals surface area contributed by atoms with E-state index in [9.17, 15) is 4.79 Å². The molecular formula is C13H14O2. The first-order valence-electron chi connectivity index (χ1n) is 5.17. The van der Waals surface area contributed by atoms with Crippen LogP contribution in [0.4, 0.5) is 0 Å². The Balaban J connectivity index is 2.28. The Morgan fingerprint density at radius 2 is 1.87 bits per heavy atom. The Morgan fingerprint density at radius 1 is 1.20 bits per heavy atom. The van der Waals surface area contributed by atoms with Gasteiger partial charge in [-0.2, -0.15) is 0 Å². The van der Waals surface area contributed by atoms with Gasteiger partial charge < -0.3 is 4.74 Å². The molecule has 0 spiro atoms. The van der Waals surface area contributed by atoms with Crippen molar-refractivity contribution in [3.8, 4) is 0 Å². The lowest BCUT2D eigenvalue weighted by Gasteiger charge is -2.04. The highest BCUT2D eigenvalue weighted by Crippen LogP contribution is 2.30. The monoisotopic (exact) mass is 202 g/mol. The SMILES string of the molecule is CC(C)C1=CC(c2ccccc2)C(=O)O1. The van der Waals surface area contributed by atoms with E-state index in [4.69, 9.17) is 4.74 Å². The minimum absolute atomic E-state index is 0.162. The molecule has 1 atom stereocenters. The molecule has 1 aromatic rings. The van der Waals surface area contributed by atoms with Crippen molar-refractivity contribution in [3.05, 3.63) is 47.7 Å². The predicted molar refractivity (Wildman–Crippen MR) is 58.2 cm³/mol. The molecule has 0 saturated heterocycles. The molecule has 1 aliphatic heterocycles. The zero-order chi connectivity index (χ0) is 10.8. The van der Waals surface area contributed by atoms with Crippen LogP contribution in [-0.4, -0.2) is 5.97 Å². The Bertz CT molecular complexity index is 390. The molecule has 1 heterocycles. The van der Waals surface area contributed by atoms with Gasteiger partial charge in [0.1, 0.15) is 11.7 Å². The fraction of sp³-hybridized carbons (Fsp3) is 0.308. The first-order valence-corrected chi connectivity index (χ1v) is 5.17. The van der Waals surface area contributed by atoms with E-state index in [1.165, 1.54) is 0 Å². The molecule has 2 nitrogen and oxygen atoms in total. The summed E-state index contributed by atoms with van der Waals surface area (Å²) in [6.45, 7) is 4.04. The number of allylic oxidation sites excluding steroid dienone is 1. The van der Waals surface area contributed by atoms with Crippen LogP contribution in [0.3, 0.4) is 0 Å². The smallest absolute Gasteiger partial charge is 0.322 e. The zero-order valence-electron chi connectivity index (χ0n) is 8.94. The maximum atomic E-state index is 11.6. The molecule has 1 aliphatic rings. The van der Waals surface area contributed by atoms with Crippen LogP contribution in [0.2, 0.25) is 0 Å². The van der Waals surface area contributed by atoms with Crippen LogP contribution < -0.4 is 0 Å². The zero-order valence-corrected chi connectivity index (χ0v) is 8.94. The third-order valence-electron chi connectivity index (χ3n) is 2.53. The standard InChI is InChI=1S/C13H14O2/c1-9(2)12-8-11(13(14)15-12)10-6-4-3-5-7-10/h3-9,11H,1-2H3. The van der Waals surface area contributed by atoms with E-state index in [1.807, 2.05) is 50.3 Å². The quantitative estimate of drug-likeness (QED) is 0.689. The molecule has 15 heavy (non-hydrogen) atoms. The van der Waals surface area contributed by atoms with Gasteiger partial charge in [-0.25, -0.2) is 0 Å². The third-order valence-corrected chi connectivity index (χ3v) is 2.53. The minimum Gasteiger partial charge on any atom is -0.430 e. The molecule has 0 N–H and O–H groups in total. The van der Waals surface area contributed by atoms with E-state index in [2.05, 4.69) is 0 Å². The number of carbonyl (C=O) groups is 1. The van der Waals surface area contributed by atoms with E-state index in [0.29, 0.717) is 0 Å². The summed E-state index contributed by atoms with van der Waals surface area (Å²) in [6.07, 6.45) is 1.92. The van der Waals surface area contributed by atoms with Crippen LogP contribution in [0, 0.1) is 5.92 Å². The molecule has 0 saturated carbocycles. The average molecular weight is 202 g/mol. The van der Waals surface area contributed by atoms with Crippen LogP contribution in [0.25, 0.3) is 0 Å². The van der Waals surface area contributed by atoms with Crippen molar-refractivity contribution < 1.29 is 9.53 Å². The van der Waals surface area contributed by atoms with Crippen LogP contribution >= 0.6 is 0 Å². The second-order valence-corrected chi connectivity index (χ2v) is 4.03. The molecule has 0 amide bonds. The van der Waals surface area contributed by atoms with Gasteiger partial charge in [-0.15, -0.1) is 0 Å². The molecule has 0 fully saturated rings. The summed E-state index contributed by atoms with van der Waals surface area (Å²) < 4.78 is 5.21. The van der Waals surface area contributed by atoms with Crippen LogP contribution in [0.1, 0.15) is 25.3 Å². The Labute approximate surface area is 89.6 Å². The topological polar surface area (TPSA) is 26.3 Å². The fourth-order valence-electron chi connectivity index (χ4n) is 1.65. The van der Waals surface area contributed by atoms with E-state index in [1.54, 1.807) is 0 Å². The van der Waals surface area contributed by atoms with Gasteiger partial charge in [-0.1, -0.05) is 44.2 Å². The molecule has 2 heteroatoms. The van der Waals surface area contributed by atoms with Crippen molar-refractivity contribution in [2.75, 3.05) is 0 Å². The lowest BCUT2D eigenvalue weighted by atomic mass is 9.99. The summed E-state index contributed by atoms with van der Waals surface area (Å²) in [4.78, 5) is 11.6. The molecule has 78 valence electrons. The highest BCUT2D eigenvalue weighted by molar-refractivity contribution is 5.84. The second kappa shape index (κ2) is 3.89. The summed E-state index contributed by atoms with van der Waals surface area (Å²) in [5.74, 6) is 0.671. The molecule has 0 bridgehead atoms. The average Bonchev–Trinajstić information content (AvgIpc) is 2.62. The van der Waals surface area contributed by atoms with Gasteiger partial charge >= 0.3 is 5.97 Å². The molecule has 1 aromatic carbocycles. The Morgan fingerprint density at radius 3 is 2.40 bits per heavy atom. The number of hydrogen-bond acceptors (Lipinski definition) is 2. The first-order chi connectivity index (χ1) is 7.18. The molecule has 0 aromatic heterocycles. The maximum absolute atomic E-state index is 11.6. The Kier molecular flexibility index (Phi) is 2.58. The molecule has 0 aliphatic carbocycles. The van der Waals surface area contributed by atoms with Gasteiger partial charge in [0.15, 0.2) is 0 Å². The molecule has 1 unspecified atom stereocenters. The summed E-state index contributed by atoms with van der Waals surface area (Å²) in [7, 11) is 0. The lowest BCUT2D eigenvalue weighted by molar-refractivity contribution is -0.138. The first kappa shape index (κ1) is 9.97. The van der Waals surface area contributed by atoms with Gasteiger partial charge in [-0.05, 0) is 11.6 Å². The Hall–Kier alpha value is -1.57. The second-order valence-electron chi connectivity index (χ2n) is 4.03. The number of benzene rings is 1. The number of cyclic esters (lactones) is 1. The van der Waals surface area contributed by atoms with Gasteiger partial charge in [0.2, 0.25) is 0 Å². The van der Waals surface area contributed by atoms with Crippen molar-refractivity contribution >= 4 is 5.97 Å². The van der Waals surface area contributed by atoms with E-state index < -0.39 is 0 Å². The highest BCUT2D eigenvalue weighted by Gasteiger charge is 2.29. The van der Waals surface area contributed by atoms with Crippen molar-refractivity contribution in [1.29, 1.82) is 0 Å². The predicted octanol–water partition coefficient (Wildman–Crippen LogP) is 2.87.